The predicted octanol–water partition coefficient (Wildman–Crippen LogP) is 3.48. The molecule has 0 atom stereocenters. The molecule has 0 saturated carbocycles. The standard InChI is InChI=1S/C15H22N2O/c1-5-15(6-2)16-13-10-8-7-9-12(13)14(18)17(15)11(3)4/h7-11,16H,5-6H2,1-4H3. The summed E-state index contributed by atoms with van der Waals surface area (Å²) in [5.74, 6) is 0.142. The molecule has 1 heterocycles. The lowest BCUT2D eigenvalue weighted by molar-refractivity contribution is 0.0371. The lowest BCUT2D eigenvalue weighted by Crippen LogP contribution is -2.61. The van der Waals surface area contributed by atoms with Gasteiger partial charge in [-0.3, -0.25) is 4.79 Å². The first kappa shape index (κ1) is 12.9. The first-order valence-electron chi connectivity index (χ1n) is 6.76. The predicted molar refractivity (Wildman–Crippen MR) is 74.7 cm³/mol. The second-order valence-electron chi connectivity index (χ2n) is 5.18. The molecule has 0 aliphatic carbocycles. The third-order valence-corrected chi connectivity index (χ3v) is 3.89. The SMILES string of the molecule is CCC1(CC)Nc2ccccc2C(=O)N1C(C)C. The number of carbonyl (C=O) groups excluding carboxylic acids is 1. The Bertz CT molecular complexity index is 450. The summed E-state index contributed by atoms with van der Waals surface area (Å²) in [6.07, 6.45) is 1.81. The third-order valence-electron chi connectivity index (χ3n) is 3.89. The van der Waals surface area contributed by atoms with E-state index in [1.807, 2.05) is 29.2 Å². The zero-order valence-electron chi connectivity index (χ0n) is 11.7. The molecule has 1 aliphatic rings. The summed E-state index contributed by atoms with van der Waals surface area (Å²) >= 11 is 0. The van der Waals surface area contributed by atoms with Crippen LogP contribution in [-0.2, 0) is 0 Å². The number of hydrogen-bond donors (Lipinski definition) is 1. The van der Waals surface area contributed by atoms with E-state index < -0.39 is 0 Å². The second kappa shape index (κ2) is 4.63. The molecule has 0 aromatic heterocycles. The van der Waals surface area contributed by atoms with Crippen molar-refractivity contribution in [3.8, 4) is 0 Å². The molecule has 1 aromatic carbocycles. The summed E-state index contributed by atoms with van der Waals surface area (Å²) in [5, 5.41) is 3.58. The molecule has 0 unspecified atom stereocenters. The van der Waals surface area contributed by atoms with Crippen molar-refractivity contribution in [2.75, 3.05) is 5.32 Å². The van der Waals surface area contributed by atoms with Gasteiger partial charge in [-0.2, -0.15) is 0 Å². The van der Waals surface area contributed by atoms with E-state index in [1.54, 1.807) is 0 Å². The van der Waals surface area contributed by atoms with Crippen molar-refractivity contribution in [3.63, 3.8) is 0 Å². The van der Waals surface area contributed by atoms with Gasteiger partial charge < -0.3 is 10.2 Å². The summed E-state index contributed by atoms with van der Waals surface area (Å²) in [4.78, 5) is 14.7. The van der Waals surface area contributed by atoms with Gasteiger partial charge in [0.1, 0.15) is 5.66 Å². The Kier molecular flexibility index (Phi) is 3.33. The Morgan fingerprint density at radius 1 is 1.22 bits per heavy atom. The van der Waals surface area contributed by atoms with Crippen LogP contribution in [0.5, 0.6) is 0 Å². The van der Waals surface area contributed by atoms with E-state index in [-0.39, 0.29) is 17.6 Å². The summed E-state index contributed by atoms with van der Waals surface area (Å²) in [7, 11) is 0. The highest BCUT2D eigenvalue weighted by Crippen LogP contribution is 2.36. The van der Waals surface area contributed by atoms with Crippen LogP contribution in [0.15, 0.2) is 24.3 Å². The fraction of sp³-hybridized carbons (Fsp3) is 0.533. The highest BCUT2D eigenvalue weighted by atomic mass is 16.2. The number of carbonyl (C=O) groups is 1. The van der Waals surface area contributed by atoms with Crippen LogP contribution in [0.4, 0.5) is 5.69 Å². The number of amides is 1. The summed E-state index contributed by atoms with van der Waals surface area (Å²) in [5.41, 5.74) is 1.49. The minimum absolute atomic E-state index is 0.142. The summed E-state index contributed by atoms with van der Waals surface area (Å²) < 4.78 is 0. The molecule has 0 saturated heterocycles. The molecule has 0 radical (unpaired) electrons. The van der Waals surface area contributed by atoms with Gasteiger partial charge in [0, 0.05) is 11.7 Å². The van der Waals surface area contributed by atoms with Crippen LogP contribution in [0.3, 0.4) is 0 Å². The van der Waals surface area contributed by atoms with Crippen molar-refractivity contribution in [1.82, 2.24) is 4.90 Å². The maximum absolute atomic E-state index is 12.7. The van der Waals surface area contributed by atoms with Crippen LogP contribution in [0, 0.1) is 0 Å². The number of nitrogens with zero attached hydrogens (tertiary/aromatic N) is 1. The van der Waals surface area contributed by atoms with Gasteiger partial charge in [-0.25, -0.2) is 0 Å². The van der Waals surface area contributed by atoms with Crippen LogP contribution < -0.4 is 5.32 Å². The highest BCUT2D eigenvalue weighted by molar-refractivity contribution is 6.02. The minimum atomic E-state index is -0.250. The smallest absolute Gasteiger partial charge is 0.258 e. The number of benzene rings is 1. The van der Waals surface area contributed by atoms with Crippen molar-refractivity contribution in [2.45, 2.75) is 52.2 Å². The number of nitrogens with one attached hydrogen (secondary N) is 1. The molecule has 0 spiro atoms. The van der Waals surface area contributed by atoms with Crippen molar-refractivity contribution >= 4 is 11.6 Å². The Morgan fingerprint density at radius 2 is 1.83 bits per heavy atom. The molecule has 0 fully saturated rings. The molecule has 3 heteroatoms. The van der Waals surface area contributed by atoms with Crippen LogP contribution in [0.2, 0.25) is 0 Å². The van der Waals surface area contributed by atoms with Gasteiger partial charge in [-0.15, -0.1) is 0 Å². The fourth-order valence-corrected chi connectivity index (χ4v) is 2.91. The topological polar surface area (TPSA) is 32.3 Å². The zero-order valence-corrected chi connectivity index (χ0v) is 11.7. The molecule has 1 aliphatic heterocycles. The average molecular weight is 246 g/mol. The monoisotopic (exact) mass is 246 g/mol. The lowest BCUT2D eigenvalue weighted by atomic mass is 9.93. The Hall–Kier alpha value is -1.51. The Balaban J connectivity index is 2.55. The second-order valence-corrected chi connectivity index (χ2v) is 5.18. The van der Waals surface area contributed by atoms with Gasteiger partial charge in [-0.1, -0.05) is 26.0 Å². The van der Waals surface area contributed by atoms with E-state index in [9.17, 15) is 4.79 Å². The van der Waals surface area contributed by atoms with Crippen LogP contribution in [0.25, 0.3) is 0 Å². The molecule has 0 bridgehead atoms. The molecule has 1 N–H and O–H groups in total. The summed E-state index contributed by atoms with van der Waals surface area (Å²) in [6, 6.07) is 7.97. The maximum Gasteiger partial charge on any atom is 0.258 e. The van der Waals surface area contributed by atoms with E-state index in [0.717, 1.165) is 24.1 Å². The lowest BCUT2D eigenvalue weighted by Gasteiger charge is -2.50. The van der Waals surface area contributed by atoms with Gasteiger partial charge in [-0.05, 0) is 38.8 Å². The molecule has 18 heavy (non-hydrogen) atoms. The first-order valence-corrected chi connectivity index (χ1v) is 6.76. The summed E-state index contributed by atoms with van der Waals surface area (Å²) in [6.45, 7) is 8.42. The number of hydrogen-bond acceptors (Lipinski definition) is 2. The zero-order chi connectivity index (χ0) is 13.3. The maximum atomic E-state index is 12.7. The molecule has 98 valence electrons. The van der Waals surface area contributed by atoms with E-state index in [0.29, 0.717) is 0 Å². The number of anilines is 1. The fourth-order valence-electron chi connectivity index (χ4n) is 2.91. The average Bonchev–Trinajstić information content (AvgIpc) is 2.37. The Morgan fingerprint density at radius 3 is 2.39 bits per heavy atom. The van der Waals surface area contributed by atoms with Gasteiger partial charge >= 0.3 is 0 Å². The molecular formula is C15H22N2O. The molecule has 1 aromatic rings. The Labute approximate surface area is 109 Å². The number of fused-ring (bicyclic) bond motifs is 1. The molecular weight excluding hydrogens is 224 g/mol. The normalized spacial score (nSPS) is 17.6. The molecule has 3 nitrogen and oxygen atoms in total. The van der Waals surface area contributed by atoms with Crippen LogP contribution in [-0.4, -0.2) is 22.5 Å². The minimum Gasteiger partial charge on any atom is -0.362 e. The van der Waals surface area contributed by atoms with Crippen molar-refractivity contribution in [3.05, 3.63) is 29.8 Å². The number of rotatable bonds is 3. The quantitative estimate of drug-likeness (QED) is 0.885. The van der Waals surface area contributed by atoms with Crippen molar-refractivity contribution in [1.29, 1.82) is 0 Å². The number of para-hydroxylation sites is 1. The highest BCUT2D eigenvalue weighted by Gasteiger charge is 2.43. The van der Waals surface area contributed by atoms with Crippen molar-refractivity contribution < 1.29 is 4.79 Å². The van der Waals surface area contributed by atoms with Gasteiger partial charge in [0.25, 0.3) is 5.91 Å². The molecule has 2 rings (SSSR count). The largest absolute Gasteiger partial charge is 0.362 e. The van der Waals surface area contributed by atoms with E-state index in [1.165, 1.54) is 0 Å². The third kappa shape index (κ3) is 1.78. The van der Waals surface area contributed by atoms with E-state index in [4.69, 9.17) is 0 Å². The van der Waals surface area contributed by atoms with Gasteiger partial charge in [0.05, 0.1) is 5.56 Å². The molecule has 1 amide bonds. The van der Waals surface area contributed by atoms with Gasteiger partial charge in [0.2, 0.25) is 0 Å². The van der Waals surface area contributed by atoms with E-state index >= 15 is 0 Å². The first-order chi connectivity index (χ1) is 8.55. The van der Waals surface area contributed by atoms with Crippen LogP contribution >= 0.6 is 0 Å². The van der Waals surface area contributed by atoms with E-state index in [2.05, 4.69) is 33.0 Å². The van der Waals surface area contributed by atoms with Crippen LogP contribution in [0.1, 0.15) is 50.9 Å². The van der Waals surface area contributed by atoms with Crippen molar-refractivity contribution in [2.24, 2.45) is 0 Å². The van der Waals surface area contributed by atoms with Gasteiger partial charge in [0.15, 0.2) is 0 Å².